The number of aryl methyl sites for hydroxylation is 1. The standard InChI is InChI=1S/C28H26N2O3S/c1-18-5-4-6-23(15-18)29-27-30-24(17-34-27)21-11-7-19(8-12-21)20-9-13-22(14-10-20)25(31)16-28(2,3)26(32)33/h4-15,17H,16H2,1-3H3,(H,29,30)(H,32,33). The summed E-state index contributed by atoms with van der Waals surface area (Å²) in [6, 6.07) is 23.6. The highest BCUT2D eigenvalue weighted by molar-refractivity contribution is 7.14. The molecule has 4 aromatic rings. The number of Topliss-reactive ketones (excluding diaryl/α,β-unsaturated/α-hetero) is 1. The summed E-state index contributed by atoms with van der Waals surface area (Å²) in [6.45, 7) is 5.19. The predicted octanol–water partition coefficient (Wildman–Crippen LogP) is 7.21. The fourth-order valence-corrected chi connectivity index (χ4v) is 4.31. The van der Waals surface area contributed by atoms with E-state index in [1.165, 1.54) is 5.56 Å². The number of nitrogens with one attached hydrogen (secondary N) is 1. The first-order valence-corrected chi connectivity index (χ1v) is 11.9. The number of benzene rings is 3. The molecule has 0 spiro atoms. The van der Waals surface area contributed by atoms with Crippen molar-refractivity contribution in [2.75, 3.05) is 5.32 Å². The molecule has 0 aliphatic heterocycles. The third-order valence-electron chi connectivity index (χ3n) is 5.68. The van der Waals surface area contributed by atoms with Crippen LogP contribution in [0, 0.1) is 12.3 Å². The molecule has 0 radical (unpaired) electrons. The van der Waals surface area contributed by atoms with Gasteiger partial charge in [-0.25, -0.2) is 4.98 Å². The minimum atomic E-state index is -1.09. The summed E-state index contributed by atoms with van der Waals surface area (Å²) in [6.07, 6.45) is -0.0370. The Morgan fingerprint density at radius 2 is 1.56 bits per heavy atom. The zero-order chi connectivity index (χ0) is 24.3. The summed E-state index contributed by atoms with van der Waals surface area (Å²) in [5, 5.41) is 15.5. The molecule has 2 N–H and O–H groups in total. The number of hydrogen-bond acceptors (Lipinski definition) is 5. The minimum Gasteiger partial charge on any atom is -0.481 e. The van der Waals surface area contributed by atoms with Crippen molar-refractivity contribution in [3.8, 4) is 22.4 Å². The summed E-state index contributed by atoms with van der Waals surface area (Å²) in [5.74, 6) is -1.15. The predicted molar refractivity (Wildman–Crippen MR) is 138 cm³/mol. The number of rotatable bonds is 8. The number of carbonyl (C=O) groups is 2. The maximum atomic E-state index is 12.5. The van der Waals surface area contributed by atoms with Gasteiger partial charge < -0.3 is 10.4 Å². The third kappa shape index (κ3) is 5.41. The van der Waals surface area contributed by atoms with Gasteiger partial charge in [-0.2, -0.15) is 0 Å². The van der Waals surface area contributed by atoms with Gasteiger partial charge in [0.05, 0.1) is 11.1 Å². The fraction of sp³-hybridized carbons (Fsp3) is 0.179. The molecule has 0 unspecified atom stereocenters. The number of hydrogen-bond donors (Lipinski definition) is 2. The van der Waals surface area contributed by atoms with Gasteiger partial charge in [-0.3, -0.25) is 9.59 Å². The van der Waals surface area contributed by atoms with E-state index in [9.17, 15) is 14.7 Å². The number of carboxylic acid groups (broad SMARTS) is 1. The number of aliphatic carboxylic acids is 1. The summed E-state index contributed by atoms with van der Waals surface area (Å²) in [7, 11) is 0. The number of anilines is 2. The van der Waals surface area contributed by atoms with Crippen molar-refractivity contribution in [3.63, 3.8) is 0 Å². The Hall–Kier alpha value is -3.77. The molecule has 4 rings (SSSR count). The Morgan fingerprint density at radius 1 is 0.941 bits per heavy atom. The molecular formula is C28H26N2O3S. The minimum absolute atomic E-state index is 0.0370. The van der Waals surface area contributed by atoms with Crippen LogP contribution in [0.25, 0.3) is 22.4 Å². The van der Waals surface area contributed by atoms with Gasteiger partial charge in [-0.1, -0.05) is 60.7 Å². The van der Waals surface area contributed by atoms with Crippen LogP contribution in [0.5, 0.6) is 0 Å². The average Bonchev–Trinajstić information content (AvgIpc) is 3.27. The highest BCUT2D eigenvalue weighted by Gasteiger charge is 2.30. The Bertz CT molecular complexity index is 1320. The van der Waals surface area contributed by atoms with Gasteiger partial charge in [0.15, 0.2) is 10.9 Å². The molecule has 1 heterocycles. The molecule has 34 heavy (non-hydrogen) atoms. The summed E-state index contributed by atoms with van der Waals surface area (Å²) < 4.78 is 0. The van der Waals surface area contributed by atoms with E-state index in [0.717, 1.165) is 33.2 Å². The molecule has 1 aromatic heterocycles. The Balaban J connectivity index is 1.44. The Labute approximate surface area is 203 Å². The number of thiazole rings is 1. The van der Waals surface area contributed by atoms with Gasteiger partial charge >= 0.3 is 5.97 Å². The van der Waals surface area contributed by atoms with Crippen molar-refractivity contribution >= 4 is 33.9 Å². The second-order valence-electron chi connectivity index (χ2n) is 8.98. The molecule has 0 fully saturated rings. The van der Waals surface area contributed by atoms with E-state index in [1.807, 2.05) is 53.9 Å². The third-order valence-corrected chi connectivity index (χ3v) is 6.43. The molecule has 0 aliphatic rings. The van der Waals surface area contributed by atoms with E-state index in [-0.39, 0.29) is 12.2 Å². The van der Waals surface area contributed by atoms with Crippen LogP contribution in [0.4, 0.5) is 10.8 Å². The average molecular weight is 471 g/mol. The lowest BCUT2D eigenvalue weighted by atomic mass is 9.85. The van der Waals surface area contributed by atoms with Gasteiger partial charge in [0.1, 0.15) is 0 Å². The van der Waals surface area contributed by atoms with Crippen molar-refractivity contribution in [1.29, 1.82) is 0 Å². The molecule has 0 aliphatic carbocycles. The summed E-state index contributed by atoms with van der Waals surface area (Å²) >= 11 is 1.56. The molecule has 0 bridgehead atoms. The zero-order valence-corrected chi connectivity index (χ0v) is 20.1. The van der Waals surface area contributed by atoms with Crippen LogP contribution in [0.1, 0.15) is 36.2 Å². The van der Waals surface area contributed by atoms with E-state index < -0.39 is 11.4 Å². The van der Waals surface area contributed by atoms with Crippen molar-refractivity contribution in [2.24, 2.45) is 5.41 Å². The van der Waals surface area contributed by atoms with Gasteiger partial charge in [-0.05, 0) is 49.6 Å². The highest BCUT2D eigenvalue weighted by Crippen LogP contribution is 2.30. The van der Waals surface area contributed by atoms with Crippen molar-refractivity contribution in [3.05, 3.63) is 89.3 Å². The number of carboxylic acids is 1. The van der Waals surface area contributed by atoms with Gasteiger partial charge in [0.2, 0.25) is 0 Å². The van der Waals surface area contributed by atoms with Crippen LogP contribution in [0.3, 0.4) is 0 Å². The fourth-order valence-electron chi connectivity index (χ4n) is 3.57. The number of carbonyl (C=O) groups excluding carboxylic acids is 1. The maximum Gasteiger partial charge on any atom is 0.309 e. The highest BCUT2D eigenvalue weighted by atomic mass is 32.1. The second-order valence-corrected chi connectivity index (χ2v) is 9.83. The van der Waals surface area contributed by atoms with Crippen LogP contribution in [-0.4, -0.2) is 21.8 Å². The SMILES string of the molecule is Cc1cccc(Nc2nc(-c3ccc(-c4ccc(C(=O)CC(C)(C)C(=O)O)cc4)cc3)cs2)c1. The van der Waals surface area contributed by atoms with E-state index in [4.69, 9.17) is 4.98 Å². The summed E-state index contributed by atoms with van der Waals surface area (Å²) in [4.78, 5) is 28.5. The van der Waals surface area contributed by atoms with Gasteiger partial charge in [0, 0.05) is 28.6 Å². The number of nitrogens with zero attached hydrogens (tertiary/aromatic N) is 1. The quantitative estimate of drug-likeness (QED) is 0.266. The zero-order valence-electron chi connectivity index (χ0n) is 19.3. The van der Waals surface area contributed by atoms with Crippen molar-refractivity contribution < 1.29 is 14.7 Å². The Morgan fingerprint density at radius 3 is 2.18 bits per heavy atom. The van der Waals surface area contributed by atoms with Crippen LogP contribution < -0.4 is 5.32 Å². The lowest BCUT2D eigenvalue weighted by Crippen LogP contribution is -2.26. The molecule has 6 heteroatoms. The molecule has 0 saturated heterocycles. The first-order chi connectivity index (χ1) is 16.2. The maximum absolute atomic E-state index is 12.5. The number of aromatic nitrogens is 1. The molecular weight excluding hydrogens is 444 g/mol. The normalized spacial score (nSPS) is 11.3. The molecule has 172 valence electrons. The van der Waals surface area contributed by atoms with E-state index in [1.54, 1.807) is 37.3 Å². The van der Waals surface area contributed by atoms with Crippen LogP contribution in [0.15, 0.2) is 78.2 Å². The lowest BCUT2D eigenvalue weighted by molar-refractivity contribution is -0.146. The largest absolute Gasteiger partial charge is 0.481 e. The molecule has 0 atom stereocenters. The molecule has 0 amide bonds. The molecule has 0 saturated carbocycles. The van der Waals surface area contributed by atoms with Crippen molar-refractivity contribution in [1.82, 2.24) is 4.98 Å². The molecule has 3 aromatic carbocycles. The van der Waals surface area contributed by atoms with E-state index in [2.05, 4.69) is 24.4 Å². The first kappa shape index (κ1) is 23.4. The monoisotopic (exact) mass is 470 g/mol. The van der Waals surface area contributed by atoms with Crippen LogP contribution in [0.2, 0.25) is 0 Å². The Kier molecular flexibility index (Phi) is 6.61. The lowest BCUT2D eigenvalue weighted by Gasteiger charge is -2.17. The van der Waals surface area contributed by atoms with Crippen LogP contribution >= 0.6 is 11.3 Å². The first-order valence-electron chi connectivity index (χ1n) is 11.0. The van der Waals surface area contributed by atoms with Crippen molar-refractivity contribution in [2.45, 2.75) is 27.2 Å². The van der Waals surface area contributed by atoms with Crippen LogP contribution in [-0.2, 0) is 4.79 Å². The van der Waals surface area contributed by atoms with E-state index >= 15 is 0 Å². The topological polar surface area (TPSA) is 79.3 Å². The van der Waals surface area contributed by atoms with Gasteiger partial charge in [0.25, 0.3) is 0 Å². The smallest absolute Gasteiger partial charge is 0.309 e. The van der Waals surface area contributed by atoms with Gasteiger partial charge in [-0.15, -0.1) is 11.3 Å². The summed E-state index contributed by atoms with van der Waals surface area (Å²) in [5.41, 5.74) is 5.60. The second kappa shape index (κ2) is 9.61. The van der Waals surface area contributed by atoms with E-state index in [0.29, 0.717) is 5.56 Å². The number of ketones is 1. The molecule has 5 nitrogen and oxygen atoms in total.